The minimum atomic E-state index is 0.164. The molecule has 3 rings (SSSR count). The molecule has 0 aromatic heterocycles. The molecule has 2 saturated heterocycles. The molecule has 0 spiro atoms. The van der Waals surface area contributed by atoms with Crippen molar-refractivity contribution in [1.29, 1.82) is 0 Å². The summed E-state index contributed by atoms with van der Waals surface area (Å²) in [5, 5.41) is 3.11. The number of para-hydroxylation sites is 1. The fraction of sp³-hybridized carbons (Fsp3) is 0.562. The Hall–Kier alpha value is -1.55. The van der Waals surface area contributed by atoms with E-state index in [9.17, 15) is 4.79 Å². The molecule has 0 saturated carbocycles. The molecular weight excluding hydrogens is 250 g/mol. The third-order valence-electron chi connectivity index (χ3n) is 4.53. The van der Waals surface area contributed by atoms with Gasteiger partial charge in [0.2, 0.25) is 0 Å². The predicted molar refractivity (Wildman–Crippen MR) is 81.1 cm³/mol. The van der Waals surface area contributed by atoms with Crippen molar-refractivity contribution in [3.05, 3.63) is 29.8 Å². The zero-order valence-electron chi connectivity index (χ0n) is 12.1. The molecule has 4 heteroatoms. The van der Waals surface area contributed by atoms with Crippen LogP contribution in [0.15, 0.2) is 24.3 Å². The third kappa shape index (κ3) is 2.52. The second-order valence-corrected chi connectivity index (χ2v) is 5.73. The minimum Gasteiger partial charge on any atom is -0.387 e. The topological polar surface area (TPSA) is 35.6 Å². The van der Waals surface area contributed by atoms with Crippen LogP contribution in [0.2, 0.25) is 0 Å². The van der Waals surface area contributed by atoms with Crippen molar-refractivity contribution in [2.24, 2.45) is 0 Å². The number of amides is 1. The van der Waals surface area contributed by atoms with Crippen LogP contribution in [0.5, 0.6) is 0 Å². The summed E-state index contributed by atoms with van der Waals surface area (Å²) >= 11 is 0. The lowest BCUT2D eigenvalue weighted by Crippen LogP contribution is -2.37. The van der Waals surface area contributed by atoms with Crippen LogP contribution in [0.25, 0.3) is 0 Å². The Morgan fingerprint density at radius 3 is 2.70 bits per heavy atom. The number of likely N-dealkylation sites (tertiary alicyclic amines) is 2. The van der Waals surface area contributed by atoms with Crippen molar-refractivity contribution in [3.63, 3.8) is 0 Å². The number of anilines is 1. The first-order chi connectivity index (χ1) is 9.79. The molecule has 108 valence electrons. The molecule has 2 heterocycles. The summed E-state index contributed by atoms with van der Waals surface area (Å²) in [5.74, 6) is 0.164. The van der Waals surface area contributed by atoms with E-state index in [4.69, 9.17) is 0 Å². The van der Waals surface area contributed by atoms with Gasteiger partial charge in [0.05, 0.1) is 5.56 Å². The van der Waals surface area contributed by atoms with Crippen molar-refractivity contribution in [2.75, 3.05) is 38.5 Å². The van der Waals surface area contributed by atoms with Crippen molar-refractivity contribution >= 4 is 11.6 Å². The van der Waals surface area contributed by atoms with E-state index in [1.807, 2.05) is 36.2 Å². The second-order valence-electron chi connectivity index (χ2n) is 5.73. The highest BCUT2D eigenvalue weighted by atomic mass is 16.2. The highest BCUT2D eigenvalue weighted by Crippen LogP contribution is 2.24. The molecule has 2 aliphatic rings. The number of nitrogens with zero attached hydrogens (tertiary/aromatic N) is 2. The number of benzene rings is 1. The largest absolute Gasteiger partial charge is 0.387 e. The molecule has 1 aromatic carbocycles. The van der Waals surface area contributed by atoms with Gasteiger partial charge in [0, 0.05) is 31.9 Å². The number of rotatable bonds is 3. The molecular formula is C16H23N3O. The van der Waals surface area contributed by atoms with Gasteiger partial charge in [-0.1, -0.05) is 12.1 Å². The lowest BCUT2D eigenvalue weighted by molar-refractivity contribution is 0.0781. The summed E-state index contributed by atoms with van der Waals surface area (Å²) in [7, 11) is 1.86. The van der Waals surface area contributed by atoms with Crippen LogP contribution >= 0.6 is 0 Å². The van der Waals surface area contributed by atoms with Gasteiger partial charge in [-0.2, -0.15) is 0 Å². The summed E-state index contributed by atoms with van der Waals surface area (Å²) in [6.07, 6.45) is 3.74. The van der Waals surface area contributed by atoms with E-state index in [0.29, 0.717) is 6.04 Å². The zero-order valence-corrected chi connectivity index (χ0v) is 12.1. The molecule has 2 aliphatic heterocycles. The number of nitrogens with one attached hydrogen (secondary N) is 1. The van der Waals surface area contributed by atoms with E-state index in [-0.39, 0.29) is 5.91 Å². The van der Waals surface area contributed by atoms with Crippen LogP contribution in [0.1, 0.15) is 29.6 Å². The Labute approximate surface area is 120 Å². The standard InChI is InChI=1S/C16H23N3O/c1-17-15-7-3-2-6-14(15)16(20)19-11-8-13(12-19)18-9-4-5-10-18/h2-3,6-7,13,17H,4-5,8-12H2,1H3. The lowest BCUT2D eigenvalue weighted by atomic mass is 10.1. The Kier molecular flexibility index (Phi) is 3.92. The first kappa shape index (κ1) is 13.4. The first-order valence-electron chi connectivity index (χ1n) is 7.59. The Morgan fingerprint density at radius 2 is 1.95 bits per heavy atom. The molecule has 1 atom stereocenters. The van der Waals surface area contributed by atoms with E-state index in [1.54, 1.807) is 0 Å². The Morgan fingerprint density at radius 1 is 1.20 bits per heavy atom. The van der Waals surface area contributed by atoms with Gasteiger partial charge in [-0.3, -0.25) is 9.69 Å². The van der Waals surface area contributed by atoms with Gasteiger partial charge in [-0.15, -0.1) is 0 Å². The molecule has 4 nitrogen and oxygen atoms in total. The van der Waals surface area contributed by atoms with Crippen LogP contribution in [-0.2, 0) is 0 Å². The number of carbonyl (C=O) groups excluding carboxylic acids is 1. The van der Waals surface area contributed by atoms with Crippen LogP contribution in [-0.4, -0.2) is 55.0 Å². The fourth-order valence-corrected chi connectivity index (χ4v) is 3.39. The van der Waals surface area contributed by atoms with E-state index >= 15 is 0 Å². The maximum Gasteiger partial charge on any atom is 0.256 e. The highest BCUT2D eigenvalue weighted by molar-refractivity contribution is 5.99. The van der Waals surface area contributed by atoms with Gasteiger partial charge in [0.25, 0.3) is 5.91 Å². The summed E-state index contributed by atoms with van der Waals surface area (Å²) in [4.78, 5) is 17.2. The van der Waals surface area contributed by atoms with E-state index < -0.39 is 0 Å². The summed E-state index contributed by atoms with van der Waals surface area (Å²) in [6.45, 7) is 4.19. The van der Waals surface area contributed by atoms with Crippen molar-refractivity contribution < 1.29 is 4.79 Å². The third-order valence-corrected chi connectivity index (χ3v) is 4.53. The second kappa shape index (κ2) is 5.83. The first-order valence-corrected chi connectivity index (χ1v) is 7.59. The molecule has 1 aromatic rings. The van der Waals surface area contributed by atoms with Gasteiger partial charge in [-0.25, -0.2) is 0 Å². The van der Waals surface area contributed by atoms with Crippen LogP contribution in [0.4, 0.5) is 5.69 Å². The molecule has 1 N–H and O–H groups in total. The molecule has 1 amide bonds. The summed E-state index contributed by atoms with van der Waals surface area (Å²) in [5.41, 5.74) is 1.71. The zero-order chi connectivity index (χ0) is 13.9. The molecule has 2 fully saturated rings. The maximum atomic E-state index is 12.7. The molecule has 0 aliphatic carbocycles. The van der Waals surface area contributed by atoms with E-state index in [0.717, 1.165) is 30.8 Å². The summed E-state index contributed by atoms with van der Waals surface area (Å²) in [6, 6.07) is 8.34. The van der Waals surface area contributed by atoms with E-state index in [2.05, 4.69) is 10.2 Å². The molecule has 0 radical (unpaired) electrons. The normalized spacial score (nSPS) is 23.2. The summed E-state index contributed by atoms with van der Waals surface area (Å²) < 4.78 is 0. The monoisotopic (exact) mass is 273 g/mol. The maximum absolute atomic E-state index is 12.7. The highest BCUT2D eigenvalue weighted by Gasteiger charge is 2.32. The fourth-order valence-electron chi connectivity index (χ4n) is 3.39. The number of carbonyl (C=O) groups is 1. The number of hydrogen-bond acceptors (Lipinski definition) is 3. The average molecular weight is 273 g/mol. The van der Waals surface area contributed by atoms with Gasteiger partial charge >= 0.3 is 0 Å². The minimum absolute atomic E-state index is 0.164. The van der Waals surface area contributed by atoms with Crippen LogP contribution in [0.3, 0.4) is 0 Å². The van der Waals surface area contributed by atoms with Crippen LogP contribution in [0, 0.1) is 0 Å². The quantitative estimate of drug-likeness (QED) is 0.915. The molecule has 20 heavy (non-hydrogen) atoms. The smallest absolute Gasteiger partial charge is 0.256 e. The molecule has 1 unspecified atom stereocenters. The predicted octanol–water partition coefficient (Wildman–Crippen LogP) is 2.04. The molecule has 0 bridgehead atoms. The Balaban J connectivity index is 1.69. The number of hydrogen-bond donors (Lipinski definition) is 1. The van der Waals surface area contributed by atoms with Gasteiger partial charge in [0.15, 0.2) is 0 Å². The van der Waals surface area contributed by atoms with Crippen molar-refractivity contribution in [1.82, 2.24) is 9.80 Å². The van der Waals surface area contributed by atoms with E-state index in [1.165, 1.54) is 25.9 Å². The van der Waals surface area contributed by atoms with Crippen molar-refractivity contribution in [2.45, 2.75) is 25.3 Å². The van der Waals surface area contributed by atoms with Gasteiger partial charge < -0.3 is 10.2 Å². The van der Waals surface area contributed by atoms with Crippen LogP contribution < -0.4 is 5.32 Å². The van der Waals surface area contributed by atoms with Crippen molar-refractivity contribution in [3.8, 4) is 0 Å². The van der Waals surface area contributed by atoms with Gasteiger partial charge in [-0.05, 0) is 44.5 Å². The Bertz CT molecular complexity index is 482. The lowest BCUT2D eigenvalue weighted by Gasteiger charge is -2.24. The average Bonchev–Trinajstić information content (AvgIpc) is 3.16. The van der Waals surface area contributed by atoms with Gasteiger partial charge in [0.1, 0.15) is 0 Å². The SMILES string of the molecule is CNc1ccccc1C(=O)N1CCC(N2CCCC2)C1.